The molecule has 0 aliphatic heterocycles. The van der Waals surface area contributed by atoms with E-state index in [9.17, 15) is 4.79 Å². The highest BCUT2D eigenvalue weighted by Crippen LogP contribution is 2.52. The summed E-state index contributed by atoms with van der Waals surface area (Å²) in [5.41, 5.74) is 5.75. The summed E-state index contributed by atoms with van der Waals surface area (Å²) >= 11 is 0. The van der Waals surface area contributed by atoms with Crippen LogP contribution in [-0.4, -0.2) is 11.6 Å². The molecule has 4 saturated carbocycles. The van der Waals surface area contributed by atoms with Gasteiger partial charge in [-0.15, -0.1) is 0 Å². The fourth-order valence-electron chi connectivity index (χ4n) is 5.47. The van der Waals surface area contributed by atoms with E-state index in [4.69, 9.17) is 4.74 Å². The molecule has 4 aliphatic carbocycles. The Balaban J connectivity index is 1.19. The van der Waals surface area contributed by atoms with E-state index in [0.717, 1.165) is 23.1 Å². The number of rotatable bonds is 5. The summed E-state index contributed by atoms with van der Waals surface area (Å²) in [6, 6.07) is 17.3. The zero-order valence-electron chi connectivity index (χ0n) is 16.0. The van der Waals surface area contributed by atoms with E-state index in [-0.39, 0.29) is 5.91 Å². The lowest BCUT2D eigenvalue weighted by atomic mass is 9.55. The van der Waals surface area contributed by atoms with Crippen molar-refractivity contribution in [1.29, 1.82) is 0 Å². The monoisotopic (exact) mass is 374 g/mol. The predicted molar refractivity (Wildman–Crippen MR) is 109 cm³/mol. The van der Waals surface area contributed by atoms with Gasteiger partial charge in [-0.25, -0.2) is 5.43 Å². The molecule has 1 amide bonds. The predicted octanol–water partition coefficient (Wildman–Crippen LogP) is 4.81. The van der Waals surface area contributed by atoms with Crippen molar-refractivity contribution in [3.05, 3.63) is 65.7 Å². The van der Waals surface area contributed by atoms with Gasteiger partial charge in [-0.05, 0) is 85.6 Å². The summed E-state index contributed by atoms with van der Waals surface area (Å²) in [5.74, 6) is 3.74. The fraction of sp³-hybridized carbons (Fsp3) is 0.417. The Morgan fingerprint density at radius 2 is 1.54 bits per heavy atom. The smallest absolute Gasteiger partial charge is 0.271 e. The zero-order valence-corrected chi connectivity index (χ0v) is 16.0. The summed E-state index contributed by atoms with van der Waals surface area (Å²) in [6.07, 6.45) is 6.53. The van der Waals surface area contributed by atoms with Crippen molar-refractivity contribution in [2.75, 3.05) is 0 Å². The minimum atomic E-state index is -0.128. The Hall–Kier alpha value is -2.62. The lowest BCUT2D eigenvalue weighted by molar-refractivity contribution is 0.0942. The van der Waals surface area contributed by atoms with Crippen molar-refractivity contribution in [2.45, 2.75) is 38.7 Å². The van der Waals surface area contributed by atoms with Gasteiger partial charge in [0.15, 0.2) is 0 Å². The first-order valence-corrected chi connectivity index (χ1v) is 10.4. The number of amides is 1. The summed E-state index contributed by atoms with van der Waals surface area (Å²) in [4.78, 5) is 12.5. The van der Waals surface area contributed by atoms with Crippen LogP contribution in [0, 0.1) is 23.7 Å². The average Bonchev–Trinajstić information content (AvgIpc) is 2.72. The quantitative estimate of drug-likeness (QED) is 0.764. The van der Waals surface area contributed by atoms with Gasteiger partial charge in [-0.1, -0.05) is 30.3 Å². The lowest BCUT2D eigenvalue weighted by Crippen LogP contribution is -2.46. The number of ether oxygens (including phenoxy) is 1. The molecule has 0 saturated heterocycles. The summed E-state index contributed by atoms with van der Waals surface area (Å²) in [5, 5.41) is 4.59. The first kappa shape index (κ1) is 17.5. The van der Waals surface area contributed by atoms with Gasteiger partial charge >= 0.3 is 0 Å². The van der Waals surface area contributed by atoms with Crippen molar-refractivity contribution >= 4 is 11.6 Å². The Bertz CT molecular complexity index is 843. The maximum absolute atomic E-state index is 12.5. The van der Waals surface area contributed by atoms with Crippen molar-refractivity contribution in [3.63, 3.8) is 0 Å². The second kappa shape index (κ2) is 7.42. The molecular formula is C24H26N2O2. The Morgan fingerprint density at radius 3 is 2.18 bits per heavy atom. The number of hydrazone groups is 1. The van der Waals surface area contributed by atoms with Crippen molar-refractivity contribution < 1.29 is 9.53 Å². The van der Waals surface area contributed by atoms with Crippen LogP contribution < -0.4 is 10.2 Å². The van der Waals surface area contributed by atoms with Crippen LogP contribution in [-0.2, 0) is 6.61 Å². The summed E-state index contributed by atoms with van der Waals surface area (Å²) < 4.78 is 5.75. The van der Waals surface area contributed by atoms with Crippen LogP contribution >= 0.6 is 0 Å². The first-order chi connectivity index (χ1) is 13.7. The van der Waals surface area contributed by atoms with Crippen LogP contribution in [0.5, 0.6) is 5.75 Å². The van der Waals surface area contributed by atoms with E-state index in [1.165, 1.54) is 37.8 Å². The highest BCUT2D eigenvalue weighted by Gasteiger charge is 2.46. The van der Waals surface area contributed by atoms with Gasteiger partial charge in [-0.3, -0.25) is 4.79 Å². The number of carbonyl (C=O) groups is 1. The Labute approximate surface area is 166 Å². The number of nitrogens with one attached hydrogen (secondary N) is 1. The zero-order chi connectivity index (χ0) is 18.9. The summed E-state index contributed by atoms with van der Waals surface area (Å²) in [6.45, 7) is 0.486. The van der Waals surface area contributed by atoms with Crippen LogP contribution in [0.3, 0.4) is 0 Å². The fourth-order valence-corrected chi connectivity index (χ4v) is 5.47. The highest BCUT2D eigenvalue weighted by molar-refractivity contribution is 5.96. The van der Waals surface area contributed by atoms with Crippen LogP contribution in [0.4, 0.5) is 0 Å². The van der Waals surface area contributed by atoms with Gasteiger partial charge in [0.1, 0.15) is 12.4 Å². The summed E-state index contributed by atoms with van der Waals surface area (Å²) in [7, 11) is 0. The standard InChI is InChI=1S/C24H26N2O2/c27-24(26-25-23-20-11-17-10-18(13-20)14-21(23)12-17)19-8-6-16(7-9-19)15-28-22-4-2-1-3-5-22/h1-9,17-18,20-21H,10-15H2,(H,26,27). The van der Waals surface area contributed by atoms with Crippen molar-refractivity contribution in [2.24, 2.45) is 28.8 Å². The van der Waals surface area contributed by atoms with Gasteiger partial charge in [-0.2, -0.15) is 5.10 Å². The second-order valence-corrected chi connectivity index (χ2v) is 8.58. The topological polar surface area (TPSA) is 50.7 Å². The largest absolute Gasteiger partial charge is 0.489 e. The lowest BCUT2D eigenvalue weighted by Gasteiger charge is -2.50. The van der Waals surface area contributed by atoms with E-state index in [1.807, 2.05) is 54.6 Å². The molecule has 4 aliphatic rings. The molecule has 4 nitrogen and oxygen atoms in total. The van der Waals surface area contributed by atoms with E-state index in [0.29, 0.717) is 24.0 Å². The number of nitrogens with zero attached hydrogens (tertiary/aromatic N) is 1. The molecule has 0 radical (unpaired) electrons. The van der Waals surface area contributed by atoms with Gasteiger partial charge in [0, 0.05) is 11.3 Å². The molecule has 0 atom stereocenters. The maximum atomic E-state index is 12.5. The van der Waals surface area contributed by atoms with Crippen LogP contribution in [0.1, 0.15) is 48.0 Å². The molecule has 0 heterocycles. The molecule has 6 rings (SSSR count). The van der Waals surface area contributed by atoms with Crippen LogP contribution in [0.2, 0.25) is 0 Å². The molecule has 0 spiro atoms. The minimum absolute atomic E-state index is 0.128. The van der Waals surface area contributed by atoms with Gasteiger partial charge in [0.25, 0.3) is 5.91 Å². The Kier molecular flexibility index (Phi) is 4.63. The minimum Gasteiger partial charge on any atom is -0.489 e. The van der Waals surface area contributed by atoms with Gasteiger partial charge in [0.05, 0.1) is 0 Å². The van der Waals surface area contributed by atoms with Gasteiger partial charge < -0.3 is 4.74 Å². The normalized spacial score (nSPS) is 27.5. The molecule has 2 aromatic rings. The van der Waals surface area contributed by atoms with E-state index >= 15 is 0 Å². The van der Waals surface area contributed by atoms with Crippen LogP contribution in [0.25, 0.3) is 0 Å². The first-order valence-electron chi connectivity index (χ1n) is 10.4. The molecule has 2 aromatic carbocycles. The number of hydrogen-bond donors (Lipinski definition) is 1. The molecule has 0 unspecified atom stereocenters. The van der Waals surface area contributed by atoms with Gasteiger partial charge in [0.2, 0.25) is 0 Å². The average molecular weight is 374 g/mol. The van der Waals surface area contributed by atoms with E-state index in [2.05, 4.69) is 10.5 Å². The molecule has 28 heavy (non-hydrogen) atoms. The molecule has 144 valence electrons. The molecule has 4 bridgehead atoms. The molecule has 0 aromatic heterocycles. The molecule has 1 N–H and O–H groups in total. The van der Waals surface area contributed by atoms with E-state index in [1.54, 1.807) is 0 Å². The Morgan fingerprint density at radius 1 is 0.893 bits per heavy atom. The molecule has 4 fully saturated rings. The van der Waals surface area contributed by atoms with Crippen molar-refractivity contribution in [1.82, 2.24) is 5.43 Å². The third-order valence-electron chi connectivity index (χ3n) is 6.63. The highest BCUT2D eigenvalue weighted by atomic mass is 16.5. The molecule has 4 heteroatoms. The van der Waals surface area contributed by atoms with E-state index < -0.39 is 0 Å². The number of carbonyl (C=O) groups excluding carboxylic acids is 1. The number of para-hydroxylation sites is 1. The van der Waals surface area contributed by atoms with Crippen LogP contribution in [0.15, 0.2) is 59.7 Å². The molecular weight excluding hydrogens is 348 g/mol. The second-order valence-electron chi connectivity index (χ2n) is 8.58. The van der Waals surface area contributed by atoms with Crippen molar-refractivity contribution in [3.8, 4) is 5.75 Å². The third-order valence-corrected chi connectivity index (χ3v) is 6.63. The maximum Gasteiger partial charge on any atom is 0.271 e. The number of benzene rings is 2. The number of hydrogen-bond acceptors (Lipinski definition) is 3. The third kappa shape index (κ3) is 3.56. The SMILES string of the molecule is O=C(NN=C1C2CC3CC(C2)CC1C3)c1ccc(COc2ccccc2)cc1.